The van der Waals surface area contributed by atoms with E-state index in [-0.39, 0.29) is 11.8 Å². The Morgan fingerprint density at radius 1 is 0.974 bits per heavy atom. The third-order valence-corrected chi connectivity index (χ3v) is 7.81. The zero-order valence-electron chi connectivity index (χ0n) is 22.4. The maximum atomic E-state index is 10.3. The van der Waals surface area contributed by atoms with Gasteiger partial charge in [-0.25, -0.2) is 9.97 Å². The number of benzene rings is 1. The van der Waals surface area contributed by atoms with Crippen LogP contribution in [0, 0.1) is 11.8 Å². The molecule has 0 saturated carbocycles. The van der Waals surface area contributed by atoms with E-state index < -0.39 is 0 Å². The smallest absolute Gasteiger partial charge is 0.206 e. The second-order valence-corrected chi connectivity index (χ2v) is 10.3. The van der Waals surface area contributed by atoms with E-state index in [0.717, 1.165) is 44.1 Å². The molecular weight excluding hydrogens is 476 g/mol. The Labute approximate surface area is 224 Å². The molecule has 1 aromatic carbocycles. The first kappa shape index (κ1) is 25.7. The fourth-order valence-electron chi connectivity index (χ4n) is 5.45. The molecule has 9 heteroatoms. The second kappa shape index (κ2) is 11.2. The van der Waals surface area contributed by atoms with Crippen molar-refractivity contribution in [1.82, 2.24) is 25.1 Å². The zero-order valence-corrected chi connectivity index (χ0v) is 22.4. The number of anilines is 3. The number of phenols is 1. The first-order valence-electron chi connectivity index (χ1n) is 13.4. The fraction of sp³-hybridized carbons (Fsp3) is 0.448. The number of aromatic nitrogens is 4. The molecule has 198 valence electrons. The lowest BCUT2D eigenvalue weighted by molar-refractivity contribution is 0.243. The predicted octanol–water partition coefficient (Wildman–Crippen LogP) is 3.55. The number of nitrogens with zero attached hydrogens (tertiary/aromatic N) is 7. The van der Waals surface area contributed by atoms with E-state index in [1.165, 1.54) is 12.8 Å². The predicted molar refractivity (Wildman–Crippen MR) is 151 cm³/mol. The molecule has 2 saturated heterocycles. The van der Waals surface area contributed by atoms with E-state index in [9.17, 15) is 5.11 Å². The number of nitrogen functional groups attached to an aromatic ring is 1. The molecule has 2 fully saturated rings. The van der Waals surface area contributed by atoms with Gasteiger partial charge in [-0.2, -0.15) is 0 Å². The maximum absolute atomic E-state index is 10.3. The van der Waals surface area contributed by atoms with Gasteiger partial charge in [0.1, 0.15) is 11.6 Å². The molecule has 3 N–H and O–H groups in total. The van der Waals surface area contributed by atoms with Crippen LogP contribution in [0.25, 0.3) is 11.3 Å². The number of hydrogen-bond acceptors (Lipinski definition) is 9. The highest BCUT2D eigenvalue weighted by atomic mass is 16.3. The summed E-state index contributed by atoms with van der Waals surface area (Å²) in [5.41, 5.74) is 8.32. The molecule has 38 heavy (non-hydrogen) atoms. The lowest BCUT2D eigenvalue weighted by Gasteiger charge is -2.28. The summed E-state index contributed by atoms with van der Waals surface area (Å²) in [7, 11) is 0. The van der Waals surface area contributed by atoms with Gasteiger partial charge in [-0.15, -0.1) is 10.2 Å². The summed E-state index contributed by atoms with van der Waals surface area (Å²) in [4.78, 5) is 16.2. The Balaban J connectivity index is 1.31. The van der Waals surface area contributed by atoms with E-state index in [1.807, 2.05) is 24.3 Å². The van der Waals surface area contributed by atoms with Crippen molar-refractivity contribution >= 4 is 17.3 Å². The van der Waals surface area contributed by atoms with Gasteiger partial charge in [-0.05, 0) is 70.2 Å². The van der Waals surface area contributed by atoms with Gasteiger partial charge in [0.15, 0.2) is 5.82 Å². The molecule has 0 unspecified atom stereocenters. The number of aromatic hydroxyl groups is 1. The van der Waals surface area contributed by atoms with Crippen LogP contribution < -0.4 is 15.5 Å². The quantitative estimate of drug-likeness (QED) is 0.508. The minimum atomic E-state index is 0.167. The molecule has 2 aliphatic rings. The summed E-state index contributed by atoms with van der Waals surface area (Å²) in [6, 6.07) is 12.4. The highest BCUT2D eigenvalue weighted by molar-refractivity contribution is 5.74. The van der Waals surface area contributed by atoms with Crippen molar-refractivity contribution in [3.05, 3.63) is 48.4 Å². The van der Waals surface area contributed by atoms with E-state index in [2.05, 4.69) is 62.5 Å². The molecule has 2 aliphatic heterocycles. The van der Waals surface area contributed by atoms with Crippen molar-refractivity contribution < 1.29 is 5.11 Å². The lowest BCUT2D eigenvalue weighted by atomic mass is 10.1. The van der Waals surface area contributed by atoms with Gasteiger partial charge in [0, 0.05) is 49.5 Å². The number of para-hydroxylation sites is 1. The summed E-state index contributed by atoms with van der Waals surface area (Å²) >= 11 is 0. The number of nitrogens with two attached hydrogens (primary N) is 1. The molecule has 0 bridgehead atoms. The van der Waals surface area contributed by atoms with Crippen LogP contribution in [-0.4, -0.2) is 74.5 Å². The Morgan fingerprint density at radius 3 is 2.55 bits per heavy atom. The minimum absolute atomic E-state index is 0.167. The Bertz CT molecular complexity index is 1330. The standard InChI is InChI=1S/C29H36N8O/c1-20-10-11-21(2)36(20)15-6-9-27-31-14-12-28(32-27)37-18-17-35(16-13-22(37)3)25-19-24(33-34-29(25)30)23-7-4-5-8-26(23)38/h4-5,7-8,12,14,19-22,38H,10-11,13,15-18H2,1-3H3,(H2,30,34)/t20-,21+,22-/m0/s1. The highest BCUT2D eigenvalue weighted by Crippen LogP contribution is 2.32. The molecule has 0 spiro atoms. The van der Waals surface area contributed by atoms with Gasteiger partial charge < -0.3 is 20.6 Å². The van der Waals surface area contributed by atoms with Crippen molar-refractivity contribution in [2.24, 2.45) is 0 Å². The zero-order chi connectivity index (χ0) is 26.6. The van der Waals surface area contributed by atoms with Crippen LogP contribution in [0.1, 0.15) is 45.9 Å². The lowest BCUT2D eigenvalue weighted by Crippen LogP contribution is -2.35. The average molecular weight is 513 g/mol. The van der Waals surface area contributed by atoms with E-state index in [0.29, 0.717) is 35.0 Å². The van der Waals surface area contributed by atoms with Crippen molar-refractivity contribution in [2.75, 3.05) is 41.7 Å². The number of phenolic OH excluding ortho intramolecular Hbond substituents is 1. The Hall–Kier alpha value is -3.90. The van der Waals surface area contributed by atoms with Crippen LogP contribution in [0.2, 0.25) is 0 Å². The van der Waals surface area contributed by atoms with Crippen LogP contribution in [0.5, 0.6) is 5.75 Å². The van der Waals surface area contributed by atoms with Crippen molar-refractivity contribution in [2.45, 2.75) is 58.2 Å². The molecule has 5 rings (SSSR count). The monoisotopic (exact) mass is 512 g/mol. The molecule has 3 atom stereocenters. The van der Waals surface area contributed by atoms with Crippen LogP contribution in [0.4, 0.5) is 17.3 Å². The van der Waals surface area contributed by atoms with Gasteiger partial charge in [0.25, 0.3) is 0 Å². The largest absolute Gasteiger partial charge is 0.507 e. The first-order chi connectivity index (χ1) is 18.4. The number of rotatable bonds is 4. The summed E-state index contributed by atoms with van der Waals surface area (Å²) in [6.45, 7) is 9.84. The highest BCUT2D eigenvalue weighted by Gasteiger charge is 2.26. The fourth-order valence-corrected chi connectivity index (χ4v) is 5.45. The maximum Gasteiger partial charge on any atom is 0.206 e. The van der Waals surface area contributed by atoms with Gasteiger partial charge in [0.2, 0.25) is 5.82 Å². The van der Waals surface area contributed by atoms with Crippen LogP contribution in [0.3, 0.4) is 0 Å². The average Bonchev–Trinajstić information content (AvgIpc) is 3.11. The Morgan fingerprint density at radius 2 is 1.76 bits per heavy atom. The molecule has 0 radical (unpaired) electrons. The molecular formula is C29H36N8O. The third-order valence-electron chi connectivity index (χ3n) is 7.81. The van der Waals surface area contributed by atoms with Crippen LogP contribution >= 0.6 is 0 Å². The molecule has 4 heterocycles. The van der Waals surface area contributed by atoms with Gasteiger partial charge in [-0.1, -0.05) is 18.1 Å². The van der Waals surface area contributed by atoms with Gasteiger partial charge in [-0.3, -0.25) is 4.90 Å². The van der Waals surface area contributed by atoms with E-state index >= 15 is 0 Å². The van der Waals surface area contributed by atoms with Gasteiger partial charge >= 0.3 is 0 Å². The molecule has 9 nitrogen and oxygen atoms in total. The van der Waals surface area contributed by atoms with Crippen LogP contribution in [-0.2, 0) is 0 Å². The van der Waals surface area contributed by atoms with E-state index in [4.69, 9.17) is 10.7 Å². The van der Waals surface area contributed by atoms with Crippen molar-refractivity contribution in [1.29, 1.82) is 0 Å². The molecule has 3 aromatic rings. The summed E-state index contributed by atoms with van der Waals surface area (Å²) in [5.74, 6) is 8.48. The first-order valence-corrected chi connectivity index (χ1v) is 13.4. The molecule has 0 amide bonds. The minimum Gasteiger partial charge on any atom is -0.507 e. The van der Waals surface area contributed by atoms with Gasteiger partial charge in [0.05, 0.1) is 17.9 Å². The SMILES string of the molecule is C[C@@H]1CC[C@H](C)N1CC#Cc1nccc(N2CCN(c3cc(-c4ccccc4O)nnc3N)CC[C@@H]2C)n1. The second-order valence-electron chi connectivity index (χ2n) is 10.3. The normalized spacial score (nSPS) is 22.1. The molecule has 0 aliphatic carbocycles. The summed E-state index contributed by atoms with van der Waals surface area (Å²) in [6.07, 6.45) is 5.18. The van der Waals surface area contributed by atoms with Crippen molar-refractivity contribution in [3.8, 4) is 28.8 Å². The third kappa shape index (κ3) is 5.50. The van der Waals surface area contributed by atoms with E-state index in [1.54, 1.807) is 18.3 Å². The topological polar surface area (TPSA) is 108 Å². The number of likely N-dealkylation sites (tertiary alicyclic amines) is 1. The molecule has 2 aromatic heterocycles. The van der Waals surface area contributed by atoms with Crippen molar-refractivity contribution in [3.63, 3.8) is 0 Å². The summed E-state index contributed by atoms with van der Waals surface area (Å²) in [5, 5.41) is 18.7. The number of hydrogen-bond donors (Lipinski definition) is 2. The van der Waals surface area contributed by atoms with Crippen LogP contribution in [0.15, 0.2) is 42.6 Å². The Kier molecular flexibility index (Phi) is 7.61. The summed E-state index contributed by atoms with van der Waals surface area (Å²) < 4.78 is 0.